The molecule has 112 valence electrons. The molecule has 2 rings (SSSR count). The Balaban J connectivity index is 1.80. The Labute approximate surface area is 124 Å². The predicted octanol–water partition coefficient (Wildman–Crippen LogP) is 1.77. The van der Waals surface area contributed by atoms with Crippen LogP contribution in [0.2, 0.25) is 0 Å². The standard InChI is InChI=1S/C13H20N2O3S2/c1-14(20(17,18)13-7-5-11-19-13)8-4-6-12(16)15-9-2-3-10-15/h5,7,11H,2-4,6,8-10H2,1H3. The number of hydrogen-bond acceptors (Lipinski definition) is 4. The molecule has 0 radical (unpaired) electrons. The Bertz CT molecular complexity index is 534. The fraction of sp³-hybridized carbons (Fsp3) is 0.615. The van der Waals surface area contributed by atoms with Crippen LogP contribution in [0.5, 0.6) is 0 Å². The van der Waals surface area contributed by atoms with E-state index >= 15 is 0 Å². The van der Waals surface area contributed by atoms with Crippen molar-refractivity contribution in [3.05, 3.63) is 17.5 Å². The first-order chi connectivity index (χ1) is 9.51. The molecule has 1 aromatic heterocycles. The molecule has 0 saturated carbocycles. The smallest absolute Gasteiger partial charge is 0.252 e. The van der Waals surface area contributed by atoms with Gasteiger partial charge in [0, 0.05) is 33.1 Å². The van der Waals surface area contributed by atoms with Gasteiger partial charge in [0.25, 0.3) is 10.0 Å². The van der Waals surface area contributed by atoms with Gasteiger partial charge in [-0.25, -0.2) is 12.7 Å². The largest absolute Gasteiger partial charge is 0.343 e. The molecule has 7 heteroatoms. The van der Waals surface area contributed by atoms with Crippen molar-refractivity contribution in [3.63, 3.8) is 0 Å². The molecule has 1 fully saturated rings. The van der Waals surface area contributed by atoms with Crippen LogP contribution in [0.1, 0.15) is 25.7 Å². The van der Waals surface area contributed by atoms with E-state index in [4.69, 9.17) is 0 Å². The quantitative estimate of drug-likeness (QED) is 0.804. The van der Waals surface area contributed by atoms with Gasteiger partial charge in [-0.1, -0.05) is 6.07 Å². The Morgan fingerprint density at radius 1 is 1.40 bits per heavy atom. The van der Waals surface area contributed by atoms with Crippen molar-refractivity contribution < 1.29 is 13.2 Å². The van der Waals surface area contributed by atoms with E-state index in [0.29, 0.717) is 23.6 Å². The molecular formula is C13H20N2O3S2. The van der Waals surface area contributed by atoms with E-state index in [1.165, 1.54) is 15.6 Å². The van der Waals surface area contributed by atoms with Crippen LogP contribution in [-0.2, 0) is 14.8 Å². The van der Waals surface area contributed by atoms with Gasteiger partial charge in [0.2, 0.25) is 5.91 Å². The van der Waals surface area contributed by atoms with Gasteiger partial charge in [-0.2, -0.15) is 0 Å². The summed E-state index contributed by atoms with van der Waals surface area (Å²) < 4.78 is 26.0. The summed E-state index contributed by atoms with van der Waals surface area (Å²) in [5, 5.41) is 1.75. The summed E-state index contributed by atoms with van der Waals surface area (Å²) in [6.07, 6.45) is 3.15. The third kappa shape index (κ3) is 3.59. The SMILES string of the molecule is CN(CCCC(=O)N1CCCC1)S(=O)(=O)c1cccs1. The Morgan fingerprint density at radius 3 is 2.70 bits per heavy atom. The van der Waals surface area contributed by atoms with E-state index in [1.54, 1.807) is 24.6 Å². The second-order valence-electron chi connectivity index (χ2n) is 4.95. The lowest BCUT2D eigenvalue weighted by Crippen LogP contribution is -2.30. The maximum atomic E-state index is 12.2. The molecule has 20 heavy (non-hydrogen) atoms. The number of thiophene rings is 1. The van der Waals surface area contributed by atoms with Crippen LogP contribution in [0, 0.1) is 0 Å². The number of hydrogen-bond donors (Lipinski definition) is 0. The number of sulfonamides is 1. The molecule has 5 nitrogen and oxygen atoms in total. The fourth-order valence-corrected chi connectivity index (χ4v) is 4.67. The summed E-state index contributed by atoms with van der Waals surface area (Å²) >= 11 is 1.21. The van der Waals surface area contributed by atoms with Crippen molar-refractivity contribution in [2.75, 3.05) is 26.7 Å². The maximum absolute atomic E-state index is 12.2. The highest BCUT2D eigenvalue weighted by Crippen LogP contribution is 2.20. The van der Waals surface area contributed by atoms with Gasteiger partial charge in [-0.05, 0) is 30.7 Å². The van der Waals surface area contributed by atoms with Crippen LogP contribution < -0.4 is 0 Å². The summed E-state index contributed by atoms with van der Waals surface area (Å²) in [6.45, 7) is 2.07. The van der Waals surface area contributed by atoms with Gasteiger partial charge in [0.05, 0.1) is 0 Å². The Hall–Kier alpha value is -0.920. The lowest BCUT2D eigenvalue weighted by Gasteiger charge is -2.18. The lowest BCUT2D eigenvalue weighted by molar-refractivity contribution is -0.130. The molecule has 1 aromatic rings. The summed E-state index contributed by atoms with van der Waals surface area (Å²) in [5.41, 5.74) is 0. The van der Waals surface area contributed by atoms with E-state index in [-0.39, 0.29) is 5.91 Å². The van der Waals surface area contributed by atoms with Crippen LogP contribution in [0.3, 0.4) is 0 Å². The van der Waals surface area contributed by atoms with Crippen molar-refractivity contribution in [2.45, 2.75) is 29.9 Å². The van der Waals surface area contributed by atoms with E-state index in [0.717, 1.165) is 25.9 Å². The van der Waals surface area contributed by atoms with Crippen LogP contribution in [0.15, 0.2) is 21.7 Å². The molecule has 0 N–H and O–H groups in total. The van der Waals surface area contributed by atoms with Gasteiger partial charge in [-0.15, -0.1) is 11.3 Å². The summed E-state index contributed by atoms with van der Waals surface area (Å²) in [4.78, 5) is 13.7. The molecule has 0 unspecified atom stereocenters. The van der Waals surface area contributed by atoms with Crippen LogP contribution in [0.25, 0.3) is 0 Å². The Kier molecular flexibility index (Phi) is 5.17. The van der Waals surface area contributed by atoms with Crippen LogP contribution in [-0.4, -0.2) is 50.2 Å². The van der Waals surface area contributed by atoms with Crippen LogP contribution >= 0.6 is 11.3 Å². The lowest BCUT2D eigenvalue weighted by atomic mass is 10.3. The van der Waals surface area contributed by atoms with Gasteiger partial charge >= 0.3 is 0 Å². The Morgan fingerprint density at radius 2 is 2.10 bits per heavy atom. The molecular weight excluding hydrogens is 296 g/mol. The van der Waals surface area contributed by atoms with Crippen molar-refractivity contribution in [1.82, 2.24) is 9.21 Å². The van der Waals surface area contributed by atoms with Crippen molar-refractivity contribution in [1.29, 1.82) is 0 Å². The number of rotatable bonds is 6. The van der Waals surface area contributed by atoms with Gasteiger partial charge in [-0.3, -0.25) is 4.79 Å². The molecule has 0 aromatic carbocycles. The van der Waals surface area contributed by atoms with E-state index in [2.05, 4.69) is 0 Å². The van der Waals surface area contributed by atoms with Gasteiger partial charge < -0.3 is 4.90 Å². The fourth-order valence-electron chi connectivity index (χ4n) is 2.26. The number of likely N-dealkylation sites (tertiary alicyclic amines) is 1. The highest BCUT2D eigenvalue weighted by Gasteiger charge is 2.22. The molecule has 0 aliphatic carbocycles. The van der Waals surface area contributed by atoms with E-state index in [1.807, 2.05) is 4.90 Å². The molecule has 1 saturated heterocycles. The monoisotopic (exact) mass is 316 g/mol. The summed E-state index contributed by atoms with van der Waals surface area (Å²) in [5.74, 6) is 0.143. The summed E-state index contributed by atoms with van der Waals surface area (Å²) in [7, 11) is -1.82. The van der Waals surface area contributed by atoms with E-state index in [9.17, 15) is 13.2 Å². The first-order valence-corrected chi connectivity index (χ1v) is 9.11. The number of amides is 1. The average Bonchev–Trinajstić information content (AvgIpc) is 3.11. The number of nitrogens with zero attached hydrogens (tertiary/aromatic N) is 2. The molecule has 0 spiro atoms. The molecule has 1 amide bonds. The minimum absolute atomic E-state index is 0.143. The molecule has 2 heterocycles. The van der Waals surface area contributed by atoms with Crippen LogP contribution in [0.4, 0.5) is 0 Å². The predicted molar refractivity (Wildman–Crippen MR) is 79.2 cm³/mol. The zero-order chi connectivity index (χ0) is 14.6. The molecule has 0 atom stereocenters. The van der Waals surface area contributed by atoms with Crippen molar-refractivity contribution >= 4 is 27.3 Å². The van der Waals surface area contributed by atoms with E-state index < -0.39 is 10.0 Å². The second-order valence-corrected chi connectivity index (χ2v) is 8.17. The minimum Gasteiger partial charge on any atom is -0.343 e. The number of carbonyl (C=O) groups is 1. The third-order valence-corrected chi connectivity index (χ3v) is 6.71. The highest BCUT2D eigenvalue weighted by molar-refractivity contribution is 7.91. The molecule has 0 bridgehead atoms. The van der Waals surface area contributed by atoms with Crippen molar-refractivity contribution in [2.24, 2.45) is 0 Å². The third-order valence-electron chi connectivity index (χ3n) is 3.48. The first kappa shape index (κ1) is 15.5. The molecule has 1 aliphatic heterocycles. The normalized spacial score (nSPS) is 16.0. The molecule has 1 aliphatic rings. The zero-order valence-corrected chi connectivity index (χ0v) is 13.3. The second kappa shape index (κ2) is 6.69. The first-order valence-electron chi connectivity index (χ1n) is 6.79. The number of carbonyl (C=O) groups excluding carboxylic acids is 1. The highest BCUT2D eigenvalue weighted by atomic mass is 32.2. The summed E-state index contributed by atoms with van der Waals surface area (Å²) in [6, 6.07) is 3.33. The van der Waals surface area contributed by atoms with Crippen molar-refractivity contribution in [3.8, 4) is 0 Å². The minimum atomic E-state index is -3.39. The van der Waals surface area contributed by atoms with Gasteiger partial charge in [0.1, 0.15) is 4.21 Å². The maximum Gasteiger partial charge on any atom is 0.252 e. The van der Waals surface area contributed by atoms with Gasteiger partial charge in [0.15, 0.2) is 0 Å². The zero-order valence-electron chi connectivity index (χ0n) is 11.6. The average molecular weight is 316 g/mol. The topological polar surface area (TPSA) is 57.7 Å².